The van der Waals surface area contributed by atoms with Crippen LogP contribution in [0.15, 0.2) is 78.9 Å². The zero-order chi connectivity index (χ0) is 17.3. The topological polar surface area (TPSA) is 9.23 Å². The largest absolute Gasteiger partial charge is 0.374 e. The van der Waals surface area contributed by atoms with Gasteiger partial charge in [-0.3, -0.25) is 0 Å². The smallest absolute Gasteiger partial charge is 0.0723 e. The summed E-state index contributed by atoms with van der Waals surface area (Å²) in [4.78, 5) is 0. The van der Waals surface area contributed by atoms with Gasteiger partial charge in [-0.05, 0) is 33.9 Å². The van der Waals surface area contributed by atoms with Crippen molar-refractivity contribution in [3.05, 3.63) is 114 Å². The molecule has 0 fully saturated rings. The van der Waals surface area contributed by atoms with E-state index in [4.69, 9.17) is 4.74 Å². The molecule has 0 unspecified atom stereocenters. The van der Waals surface area contributed by atoms with Gasteiger partial charge >= 0.3 is 0 Å². The molecule has 0 bridgehead atoms. The van der Waals surface area contributed by atoms with E-state index in [2.05, 4.69) is 73.9 Å². The molecule has 1 nitrogen and oxygen atoms in total. The van der Waals surface area contributed by atoms with E-state index in [0.717, 1.165) is 16.7 Å². The van der Waals surface area contributed by atoms with Gasteiger partial charge < -0.3 is 4.74 Å². The second-order valence-electron chi connectivity index (χ2n) is 5.79. The van der Waals surface area contributed by atoms with Gasteiger partial charge in [0.1, 0.15) is 0 Å². The molecular formula is C24H21O. The average Bonchev–Trinajstić information content (AvgIpc) is 2.68. The molecule has 0 aliphatic heterocycles. The zero-order valence-electron chi connectivity index (χ0n) is 14.1. The molecule has 0 saturated heterocycles. The van der Waals surface area contributed by atoms with E-state index in [0.29, 0.717) is 6.61 Å². The fourth-order valence-corrected chi connectivity index (χ4v) is 2.62. The van der Waals surface area contributed by atoms with Crippen LogP contribution in [0.1, 0.15) is 27.8 Å². The Morgan fingerprint density at radius 3 is 1.80 bits per heavy atom. The van der Waals surface area contributed by atoms with Crippen molar-refractivity contribution in [1.82, 2.24) is 0 Å². The van der Waals surface area contributed by atoms with Crippen LogP contribution in [0.2, 0.25) is 0 Å². The van der Waals surface area contributed by atoms with Crippen molar-refractivity contribution in [3.63, 3.8) is 0 Å². The molecule has 123 valence electrons. The third-order valence-electron chi connectivity index (χ3n) is 3.95. The van der Waals surface area contributed by atoms with E-state index in [-0.39, 0.29) is 0 Å². The summed E-state index contributed by atoms with van der Waals surface area (Å²) in [6, 6.07) is 27.0. The monoisotopic (exact) mass is 325 g/mol. The lowest BCUT2D eigenvalue weighted by atomic mass is 10.0. The molecule has 0 atom stereocenters. The van der Waals surface area contributed by atoms with Gasteiger partial charge in [-0.2, -0.15) is 0 Å². The Balaban J connectivity index is 1.86. The molecule has 3 aromatic rings. The van der Waals surface area contributed by atoms with E-state index < -0.39 is 0 Å². The Morgan fingerprint density at radius 2 is 1.20 bits per heavy atom. The van der Waals surface area contributed by atoms with Gasteiger partial charge in [-0.1, -0.05) is 97.1 Å². The van der Waals surface area contributed by atoms with Crippen LogP contribution < -0.4 is 0 Å². The van der Waals surface area contributed by atoms with Crippen LogP contribution in [0.3, 0.4) is 0 Å². The third kappa shape index (κ3) is 5.03. The highest BCUT2D eigenvalue weighted by molar-refractivity contribution is 5.75. The lowest BCUT2D eigenvalue weighted by molar-refractivity contribution is 0.228. The minimum atomic E-state index is 0.497. The van der Waals surface area contributed by atoms with Crippen LogP contribution >= 0.6 is 0 Å². The summed E-state index contributed by atoms with van der Waals surface area (Å²) in [7, 11) is 3.50. The molecule has 0 saturated carbocycles. The fourth-order valence-electron chi connectivity index (χ4n) is 2.62. The van der Waals surface area contributed by atoms with Crippen molar-refractivity contribution < 1.29 is 4.74 Å². The number of hydrogen-bond donors (Lipinski definition) is 0. The van der Waals surface area contributed by atoms with Gasteiger partial charge in [-0.15, -0.1) is 0 Å². The zero-order valence-corrected chi connectivity index (χ0v) is 14.1. The maximum atomic E-state index is 5.09. The van der Waals surface area contributed by atoms with Crippen molar-refractivity contribution in [3.8, 4) is 0 Å². The molecule has 3 aromatic carbocycles. The first kappa shape index (κ1) is 16.9. The summed E-state index contributed by atoms with van der Waals surface area (Å²) >= 11 is 0. The molecule has 0 N–H and O–H groups in total. The minimum Gasteiger partial charge on any atom is -0.374 e. The fraction of sp³-hybridized carbons (Fsp3) is 0.0417. The lowest BCUT2D eigenvalue weighted by Crippen LogP contribution is -1.91. The molecule has 0 spiro atoms. The average molecular weight is 325 g/mol. The van der Waals surface area contributed by atoms with Gasteiger partial charge in [-0.25, -0.2) is 0 Å². The summed E-state index contributed by atoms with van der Waals surface area (Å²) in [5.41, 5.74) is 5.79. The lowest BCUT2D eigenvalue weighted by Gasteiger charge is -2.07. The quantitative estimate of drug-likeness (QED) is 0.481. The molecule has 1 radical (unpaired) electrons. The maximum Gasteiger partial charge on any atom is 0.0723 e. The summed E-state index contributed by atoms with van der Waals surface area (Å²) in [6.07, 6.45) is 8.50. The molecule has 0 aromatic heterocycles. The SMILES string of the molecule is [CH2]OCc1ccc(/C=C/c2ccccc2)cc1/C=C/c1ccccc1. The van der Waals surface area contributed by atoms with Crippen LogP contribution in [0, 0.1) is 7.11 Å². The molecule has 0 aliphatic carbocycles. The minimum absolute atomic E-state index is 0.497. The summed E-state index contributed by atoms with van der Waals surface area (Å²) in [6.45, 7) is 0.497. The van der Waals surface area contributed by atoms with Crippen molar-refractivity contribution >= 4 is 24.3 Å². The highest BCUT2D eigenvalue weighted by Crippen LogP contribution is 2.19. The molecular weight excluding hydrogens is 304 g/mol. The normalized spacial score (nSPS) is 11.4. The Morgan fingerprint density at radius 1 is 0.640 bits per heavy atom. The predicted molar refractivity (Wildman–Crippen MR) is 107 cm³/mol. The number of hydrogen-bond acceptors (Lipinski definition) is 1. The Kier molecular flexibility index (Phi) is 5.97. The number of ether oxygens (including phenoxy) is 1. The van der Waals surface area contributed by atoms with E-state index >= 15 is 0 Å². The van der Waals surface area contributed by atoms with Crippen molar-refractivity contribution in [2.45, 2.75) is 6.61 Å². The second kappa shape index (κ2) is 8.81. The highest BCUT2D eigenvalue weighted by atomic mass is 16.5. The first-order valence-electron chi connectivity index (χ1n) is 8.31. The Labute approximate surface area is 149 Å². The Bertz CT molecular complexity index is 846. The maximum absolute atomic E-state index is 5.09. The van der Waals surface area contributed by atoms with Gasteiger partial charge in [0.05, 0.1) is 13.7 Å². The first-order valence-corrected chi connectivity index (χ1v) is 8.31. The van der Waals surface area contributed by atoms with Gasteiger partial charge in [0.15, 0.2) is 0 Å². The number of benzene rings is 3. The molecule has 0 heterocycles. The summed E-state index contributed by atoms with van der Waals surface area (Å²) in [5.74, 6) is 0. The van der Waals surface area contributed by atoms with E-state index in [1.165, 1.54) is 11.1 Å². The summed E-state index contributed by atoms with van der Waals surface area (Å²) in [5, 5.41) is 0. The van der Waals surface area contributed by atoms with E-state index in [9.17, 15) is 0 Å². The van der Waals surface area contributed by atoms with Gasteiger partial charge in [0.2, 0.25) is 0 Å². The predicted octanol–water partition coefficient (Wildman–Crippen LogP) is 6.34. The molecule has 1 heteroatoms. The van der Waals surface area contributed by atoms with Crippen LogP contribution in [0.25, 0.3) is 24.3 Å². The first-order chi connectivity index (χ1) is 12.3. The van der Waals surface area contributed by atoms with Crippen LogP contribution in [-0.4, -0.2) is 0 Å². The van der Waals surface area contributed by atoms with E-state index in [1.54, 1.807) is 0 Å². The van der Waals surface area contributed by atoms with E-state index in [1.807, 2.05) is 36.4 Å². The standard InChI is InChI=1S/C24H21O/c1-25-19-24-17-15-22(13-12-20-8-4-2-5-9-20)18-23(24)16-14-21-10-6-3-7-11-21/h2-18H,1,19H2/b13-12+,16-14+. The molecule has 0 aliphatic rings. The highest BCUT2D eigenvalue weighted by Gasteiger charge is 2.01. The van der Waals surface area contributed by atoms with Gasteiger partial charge in [0, 0.05) is 0 Å². The van der Waals surface area contributed by atoms with Crippen molar-refractivity contribution in [2.24, 2.45) is 0 Å². The van der Waals surface area contributed by atoms with Crippen LogP contribution in [0.4, 0.5) is 0 Å². The van der Waals surface area contributed by atoms with Gasteiger partial charge in [0.25, 0.3) is 0 Å². The van der Waals surface area contributed by atoms with Crippen molar-refractivity contribution in [1.29, 1.82) is 0 Å². The molecule has 3 rings (SSSR count). The molecule has 25 heavy (non-hydrogen) atoms. The number of rotatable bonds is 6. The summed E-state index contributed by atoms with van der Waals surface area (Å²) < 4.78 is 5.09. The van der Waals surface area contributed by atoms with Crippen LogP contribution in [-0.2, 0) is 11.3 Å². The second-order valence-corrected chi connectivity index (χ2v) is 5.79. The van der Waals surface area contributed by atoms with Crippen molar-refractivity contribution in [2.75, 3.05) is 0 Å². The molecule has 0 amide bonds. The third-order valence-corrected chi connectivity index (χ3v) is 3.95. The Hall–Kier alpha value is -2.90. The van der Waals surface area contributed by atoms with Crippen LogP contribution in [0.5, 0.6) is 0 Å².